The molecule has 1 amide bonds. The second-order valence-electron chi connectivity index (χ2n) is 7.92. The molecule has 0 radical (unpaired) electrons. The molecule has 0 spiro atoms. The first-order chi connectivity index (χ1) is 17.2. The van der Waals surface area contributed by atoms with Crippen molar-refractivity contribution >= 4 is 12.0 Å². The summed E-state index contributed by atoms with van der Waals surface area (Å²) >= 11 is 0. The Morgan fingerprint density at radius 1 is 1.03 bits per heavy atom. The highest BCUT2D eigenvalue weighted by molar-refractivity contribution is 6.02. The van der Waals surface area contributed by atoms with E-state index in [0.29, 0.717) is 24.4 Å². The summed E-state index contributed by atoms with van der Waals surface area (Å²) in [6.07, 6.45) is 4.35. The number of benzene rings is 3. The topological polar surface area (TPSA) is 79.9 Å². The molecule has 0 aliphatic carbocycles. The number of nitrogens with zero attached hydrogens (tertiary/aromatic N) is 3. The van der Waals surface area contributed by atoms with Gasteiger partial charge in [0.15, 0.2) is 0 Å². The molecule has 0 saturated heterocycles. The maximum atomic E-state index is 12.8. The molecular weight excluding hydrogens is 436 g/mol. The molecule has 6 heteroatoms. The quantitative estimate of drug-likeness (QED) is 0.261. The minimum absolute atomic E-state index is 0.0118. The van der Waals surface area contributed by atoms with Gasteiger partial charge in [-0.2, -0.15) is 10.4 Å². The highest BCUT2D eigenvalue weighted by Gasteiger charge is 2.15. The Morgan fingerprint density at radius 3 is 2.37 bits per heavy atom. The summed E-state index contributed by atoms with van der Waals surface area (Å²) in [5.41, 5.74) is 4.04. The van der Waals surface area contributed by atoms with Crippen molar-refractivity contribution in [2.75, 3.05) is 6.61 Å². The second-order valence-corrected chi connectivity index (χ2v) is 7.92. The fourth-order valence-electron chi connectivity index (χ4n) is 3.54. The van der Waals surface area contributed by atoms with Crippen LogP contribution in [0.3, 0.4) is 0 Å². The maximum absolute atomic E-state index is 12.8. The van der Waals surface area contributed by atoms with Crippen molar-refractivity contribution in [1.29, 1.82) is 5.26 Å². The van der Waals surface area contributed by atoms with Crippen molar-refractivity contribution in [1.82, 2.24) is 15.1 Å². The van der Waals surface area contributed by atoms with E-state index in [9.17, 15) is 10.1 Å². The van der Waals surface area contributed by atoms with Gasteiger partial charge in [-0.3, -0.25) is 4.79 Å². The molecule has 0 atom stereocenters. The average Bonchev–Trinajstić information content (AvgIpc) is 3.34. The Hall–Kier alpha value is -4.63. The molecule has 4 rings (SSSR count). The first-order valence-electron chi connectivity index (χ1n) is 11.5. The number of carbonyl (C=O) groups excluding carboxylic acids is 1. The van der Waals surface area contributed by atoms with Crippen molar-refractivity contribution in [3.63, 3.8) is 0 Å². The van der Waals surface area contributed by atoms with Gasteiger partial charge in [-0.15, -0.1) is 0 Å². The van der Waals surface area contributed by atoms with Crippen LogP contribution >= 0.6 is 0 Å². The summed E-state index contributed by atoms with van der Waals surface area (Å²) in [7, 11) is 0. The molecule has 1 aromatic heterocycles. The molecule has 0 aliphatic heterocycles. The van der Waals surface area contributed by atoms with E-state index in [4.69, 9.17) is 9.84 Å². The van der Waals surface area contributed by atoms with Crippen molar-refractivity contribution < 1.29 is 9.53 Å². The van der Waals surface area contributed by atoms with E-state index in [1.165, 1.54) is 0 Å². The first-order valence-corrected chi connectivity index (χ1v) is 11.5. The minimum Gasteiger partial charge on any atom is -0.494 e. The lowest BCUT2D eigenvalue weighted by Gasteiger charge is -2.06. The molecule has 0 unspecified atom stereocenters. The van der Waals surface area contributed by atoms with Crippen LogP contribution in [0.1, 0.15) is 24.5 Å². The van der Waals surface area contributed by atoms with Crippen molar-refractivity contribution in [3.8, 4) is 28.8 Å². The summed E-state index contributed by atoms with van der Waals surface area (Å²) in [6, 6.07) is 29.0. The van der Waals surface area contributed by atoms with Crippen LogP contribution in [0.5, 0.6) is 5.75 Å². The number of ether oxygens (including phenoxy) is 1. The lowest BCUT2D eigenvalue weighted by molar-refractivity contribution is -0.117. The van der Waals surface area contributed by atoms with E-state index in [-0.39, 0.29) is 5.57 Å². The standard InChI is InChI=1S/C29H26N4O2/c1-2-17-35-27-15-13-23(14-16-27)28-25(21-33(32-28)26-11-7-4-8-12-26)18-24(19-30)29(34)31-20-22-9-5-3-6-10-22/h3-16,18,21H,2,17,20H2,1H3,(H,31,34)/b24-18+. The molecule has 35 heavy (non-hydrogen) atoms. The second kappa shape index (κ2) is 11.5. The van der Waals surface area contributed by atoms with E-state index >= 15 is 0 Å². The summed E-state index contributed by atoms with van der Waals surface area (Å²) in [5.74, 6) is 0.353. The summed E-state index contributed by atoms with van der Waals surface area (Å²) in [5, 5.41) is 17.3. The molecule has 6 nitrogen and oxygen atoms in total. The third-order valence-electron chi connectivity index (χ3n) is 5.32. The number of para-hydroxylation sites is 1. The number of hydrogen-bond donors (Lipinski definition) is 1. The van der Waals surface area contributed by atoms with Gasteiger partial charge < -0.3 is 10.1 Å². The fraction of sp³-hybridized carbons (Fsp3) is 0.138. The molecule has 0 aliphatic rings. The van der Waals surface area contributed by atoms with Crippen LogP contribution in [0, 0.1) is 11.3 Å². The largest absolute Gasteiger partial charge is 0.494 e. The van der Waals surface area contributed by atoms with Crippen LogP contribution in [-0.2, 0) is 11.3 Å². The maximum Gasteiger partial charge on any atom is 0.262 e. The predicted octanol–water partition coefficient (Wildman–Crippen LogP) is 5.55. The van der Waals surface area contributed by atoms with E-state index in [1.54, 1.807) is 10.8 Å². The zero-order chi connectivity index (χ0) is 24.5. The normalized spacial score (nSPS) is 11.0. The molecule has 3 aromatic carbocycles. The van der Waals surface area contributed by atoms with Crippen LogP contribution in [0.25, 0.3) is 23.0 Å². The Labute approximate surface area is 205 Å². The number of rotatable bonds is 9. The Kier molecular flexibility index (Phi) is 7.72. The monoisotopic (exact) mass is 462 g/mol. The van der Waals surface area contributed by atoms with Crippen molar-refractivity contribution in [2.45, 2.75) is 19.9 Å². The number of hydrogen-bond acceptors (Lipinski definition) is 4. The first kappa shape index (κ1) is 23.5. The minimum atomic E-state index is -0.432. The lowest BCUT2D eigenvalue weighted by Crippen LogP contribution is -2.23. The molecule has 0 bridgehead atoms. The molecule has 1 N–H and O–H groups in total. The highest BCUT2D eigenvalue weighted by atomic mass is 16.5. The molecule has 0 saturated carbocycles. The van der Waals surface area contributed by atoms with Gasteiger partial charge in [0.2, 0.25) is 0 Å². The SMILES string of the molecule is CCCOc1ccc(-c2nn(-c3ccccc3)cc2/C=C(\C#N)C(=O)NCc2ccccc2)cc1. The van der Waals surface area contributed by atoms with E-state index in [1.807, 2.05) is 97.2 Å². The smallest absolute Gasteiger partial charge is 0.262 e. The van der Waals surface area contributed by atoms with Gasteiger partial charge in [0, 0.05) is 23.9 Å². The number of aromatic nitrogens is 2. The zero-order valence-electron chi connectivity index (χ0n) is 19.5. The van der Waals surface area contributed by atoms with Crippen LogP contribution in [-0.4, -0.2) is 22.3 Å². The number of nitriles is 1. The van der Waals surface area contributed by atoms with Gasteiger partial charge in [0.05, 0.1) is 18.0 Å². The fourth-order valence-corrected chi connectivity index (χ4v) is 3.54. The zero-order valence-corrected chi connectivity index (χ0v) is 19.5. The van der Waals surface area contributed by atoms with E-state index < -0.39 is 5.91 Å². The summed E-state index contributed by atoms with van der Waals surface area (Å²) < 4.78 is 7.44. The molecule has 1 heterocycles. The predicted molar refractivity (Wildman–Crippen MR) is 137 cm³/mol. The molecule has 4 aromatic rings. The van der Waals surface area contributed by atoms with E-state index in [0.717, 1.165) is 29.0 Å². The third-order valence-corrected chi connectivity index (χ3v) is 5.32. The number of amides is 1. The van der Waals surface area contributed by atoms with Gasteiger partial charge in [-0.05, 0) is 54.5 Å². The lowest BCUT2D eigenvalue weighted by atomic mass is 10.1. The van der Waals surface area contributed by atoms with Gasteiger partial charge in [0.25, 0.3) is 5.91 Å². The Morgan fingerprint density at radius 2 is 1.71 bits per heavy atom. The van der Waals surface area contributed by atoms with Crippen molar-refractivity contribution in [2.24, 2.45) is 0 Å². The van der Waals surface area contributed by atoms with Gasteiger partial charge in [-0.1, -0.05) is 55.5 Å². The van der Waals surface area contributed by atoms with Crippen LogP contribution < -0.4 is 10.1 Å². The number of nitrogens with one attached hydrogen (secondary N) is 1. The molecular formula is C29H26N4O2. The third kappa shape index (κ3) is 6.04. The average molecular weight is 463 g/mol. The molecule has 174 valence electrons. The van der Waals surface area contributed by atoms with Gasteiger partial charge >= 0.3 is 0 Å². The molecule has 0 fully saturated rings. The Balaban J connectivity index is 1.66. The summed E-state index contributed by atoms with van der Waals surface area (Å²) in [6.45, 7) is 3.06. The van der Waals surface area contributed by atoms with E-state index in [2.05, 4.69) is 12.2 Å². The van der Waals surface area contributed by atoms with Crippen LogP contribution in [0.4, 0.5) is 0 Å². The van der Waals surface area contributed by atoms with Crippen LogP contribution in [0.2, 0.25) is 0 Å². The summed E-state index contributed by atoms with van der Waals surface area (Å²) in [4.78, 5) is 12.8. The van der Waals surface area contributed by atoms with Gasteiger partial charge in [-0.25, -0.2) is 4.68 Å². The van der Waals surface area contributed by atoms with Gasteiger partial charge in [0.1, 0.15) is 17.4 Å². The van der Waals surface area contributed by atoms with Crippen molar-refractivity contribution in [3.05, 3.63) is 108 Å². The highest BCUT2D eigenvalue weighted by Crippen LogP contribution is 2.27. The number of carbonyl (C=O) groups is 1. The van der Waals surface area contributed by atoms with Crippen LogP contribution in [0.15, 0.2) is 96.7 Å². The Bertz CT molecular complexity index is 1340.